The van der Waals surface area contributed by atoms with Gasteiger partial charge in [0.15, 0.2) is 0 Å². The zero-order valence-corrected chi connectivity index (χ0v) is 17.6. The van der Waals surface area contributed by atoms with Crippen molar-refractivity contribution >= 4 is 42.5 Å². The first-order chi connectivity index (χ1) is 14.6. The summed E-state index contributed by atoms with van der Waals surface area (Å²) < 4.78 is 51.5. The average Bonchev–Trinajstić information content (AvgIpc) is 3.18. The quantitative estimate of drug-likeness (QED) is 0.407. The highest BCUT2D eigenvalue weighted by Crippen LogP contribution is 2.31. The molecule has 12 nitrogen and oxygen atoms in total. The van der Waals surface area contributed by atoms with Crippen molar-refractivity contribution in [2.75, 3.05) is 31.1 Å². The lowest BCUT2D eigenvalue weighted by Gasteiger charge is -2.35. The highest BCUT2D eigenvalue weighted by molar-refractivity contribution is 7.89. The van der Waals surface area contributed by atoms with E-state index in [0.29, 0.717) is 11.0 Å². The molecular weight excluding hydrogens is 448 g/mol. The number of hydrogen-bond acceptors (Lipinski definition) is 8. The second kappa shape index (κ2) is 7.56. The van der Waals surface area contributed by atoms with E-state index in [9.17, 15) is 26.9 Å². The van der Waals surface area contributed by atoms with Gasteiger partial charge in [-0.2, -0.15) is 4.31 Å². The summed E-state index contributed by atoms with van der Waals surface area (Å²) in [5.74, 6) is 0. The minimum Gasteiger partial charge on any atom is -0.368 e. The van der Waals surface area contributed by atoms with Crippen molar-refractivity contribution in [1.82, 2.24) is 14.3 Å². The van der Waals surface area contributed by atoms with E-state index in [1.807, 2.05) is 0 Å². The molecule has 4 rings (SSSR count). The summed E-state index contributed by atoms with van der Waals surface area (Å²) in [6, 6.07) is 6.72. The number of benzene rings is 1. The number of nitrogens with two attached hydrogens (primary N) is 1. The molecule has 0 unspecified atom stereocenters. The molecule has 3 N–H and O–H groups in total. The maximum Gasteiger partial charge on any atom is 0.270 e. The second-order valence-corrected chi connectivity index (χ2v) is 10.3. The molecule has 2 aromatic heterocycles. The van der Waals surface area contributed by atoms with Gasteiger partial charge in [-0.3, -0.25) is 10.1 Å². The zero-order chi connectivity index (χ0) is 22.4. The first-order valence-corrected chi connectivity index (χ1v) is 12.1. The predicted octanol–water partition coefficient (Wildman–Crippen LogP) is 0.629. The maximum absolute atomic E-state index is 13.1. The maximum atomic E-state index is 13.1. The van der Waals surface area contributed by atoms with Gasteiger partial charge in [0.2, 0.25) is 20.0 Å². The zero-order valence-electron chi connectivity index (χ0n) is 16.0. The van der Waals surface area contributed by atoms with E-state index in [0.717, 1.165) is 6.07 Å². The third-order valence-corrected chi connectivity index (χ3v) is 7.95. The van der Waals surface area contributed by atoms with Crippen LogP contribution in [-0.4, -0.2) is 62.2 Å². The first kappa shape index (κ1) is 21.2. The van der Waals surface area contributed by atoms with Crippen molar-refractivity contribution in [3.05, 3.63) is 52.8 Å². The Balaban J connectivity index is 1.60. The number of rotatable bonds is 5. The van der Waals surface area contributed by atoms with E-state index >= 15 is 0 Å². The molecule has 1 saturated heterocycles. The number of primary sulfonamides is 1. The van der Waals surface area contributed by atoms with Crippen molar-refractivity contribution in [2.24, 2.45) is 5.14 Å². The van der Waals surface area contributed by atoms with Crippen LogP contribution in [0.15, 0.2) is 52.5 Å². The molecule has 1 aromatic carbocycles. The van der Waals surface area contributed by atoms with Crippen LogP contribution in [0, 0.1) is 10.1 Å². The van der Waals surface area contributed by atoms with Crippen LogP contribution in [0.5, 0.6) is 0 Å². The van der Waals surface area contributed by atoms with Crippen LogP contribution < -0.4 is 10.0 Å². The lowest BCUT2D eigenvalue weighted by Crippen LogP contribution is -2.49. The Kier molecular flexibility index (Phi) is 5.17. The summed E-state index contributed by atoms with van der Waals surface area (Å²) in [4.78, 5) is 18.6. The number of nitrogens with zero attached hydrogens (tertiary/aromatic N) is 4. The number of anilines is 1. The third kappa shape index (κ3) is 3.85. The number of sulfonamides is 2. The molecule has 3 aromatic rings. The molecule has 1 aliphatic rings. The summed E-state index contributed by atoms with van der Waals surface area (Å²) >= 11 is 0. The molecule has 0 spiro atoms. The van der Waals surface area contributed by atoms with Crippen LogP contribution >= 0.6 is 0 Å². The normalized spacial score (nSPS) is 16.0. The standard InChI is InChI=1S/C17H18N6O6S2/c18-30(26,27)15-10-12(23(24)25)3-4-14(15)21-6-8-22(9-7-21)31(28,29)16-11-20-17-13(16)2-1-5-19-17/h1-5,10-11H,6-9H2,(H,19,20)(H2,18,26,27). The van der Waals surface area contributed by atoms with E-state index in [1.54, 1.807) is 23.2 Å². The minimum atomic E-state index is -4.23. The molecule has 1 aliphatic heterocycles. The summed E-state index contributed by atoms with van der Waals surface area (Å²) in [5, 5.41) is 16.7. The van der Waals surface area contributed by atoms with Gasteiger partial charge in [0.25, 0.3) is 5.69 Å². The molecule has 0 atom stereocenters. The number of fused-ring (bicyclic) bond motifs is 1. The smallest absolute Gasteiger partial charge is 0.270 e. The molecule has 1 fully saturated rings. The molecular formula is C17H18N6O6S2. The molecule has 0 aliphatic carbocycles. The van der Waals surface area contributed by atoms with Gasteiger partial charge in [0, 0.05) is 56.1 Å². The Morgan fingerprint density at radius 1 is 1.06 bits per heavy atom. The van der Waals surface area contributed by atoms with E-state index in [4.69, 9.17) is 5.14 Å². The van der Waals surface area contributed by atoms with Crippen molar-refractivity contribution in [3.8, 4) is 0 Å². The topological polar surface area (TPSA) is 173 Å². The van der Waals surface area contributed by atoms with Gasteiger partial charge in [0.1, 0.15) is 15.4 Å². The van der Waals surface area contributed by atoms with Crippen LogP contribution in [-0.2, 0) is 20.0 Å². The van der Waals surface area contributed by atoms with E-state index in [1.165, 1.54) is 22.6 Å². The number of piperazine rings is 1. The van der Waals surface area contributed by atoms with Crippen molar-refractivity contribution in [2.45, 2.75) is 9.79 Å². The van der Waals surface area contributed by atoms with Crippen molar-refractivity contribution in [3.63, 3.8) is 0 Å². The number of hydrogen-bond donors (Lipinski definition) is 2. The fraction of sp³-hybridized carbons (Fsp3) is 0.235. The molecule has 0 radical (unpaired) electrons. The number of H-pyrrole nitrogens is 1. The van der Waals surface area contributed by atoms with E-state index in [-0.39, 0.29) is 41.7 Å². The molecule has 3 heterocycles. The summed E-state index contributed by atoms with van der Waals surface area (Å²) in [7, 11) is -8.03. The van der Waals surface area contributed by atoms with Crippen molar-refractivity contribution in [1.29, 1.82) is 0 Å². The Labute approximate surface area is 177 Å². The van der Waals surface area contributed by atoms with Gasteiger partial charge in [-0.1, -0.05) is 0 Å². The molecule has 14 heteroatoms. The van der Waals surface area contributed by atoms with Gasteiger partial charge >= 0.3 is 0 Å². The van der Waals surface area contributed by atoms with Crippen molar-refractivity contribution < 1.29 is 21.8 Å². The van der Waals surface area contributed by atoms with Crippen LogP contribution in [0.4, 0.5) is 11.4 Å². The fourth-order valence-electron chi connectivity index (χ4n) is 3.56. The molecule has 0 saturated carbocycles. The lowest BCUT2D eigenvalue weighted by molar-refractivity contribution is -0.385. The lowest BCUT2D eigenvalue weighted by atomic mass is 10.2. The average molecular weight is 467 g/mol. The summed E-state index contributed by atoms with van der Waals surface area (Å²) in [6.07, 6.45) is 2.95. The van der Waals surface area contributed by atoms with Crippen LogP contribution in [0.25, 0.3) is 11.0 Å². The van der Waals surface area contributed by atoms with Gasteiger partial charge < -0.3 is 9.88 Å². The number of non-ortho nitro benzene ring substituents is 1. The molecule has 164 valence electrons. The van der Waals surface area contributed by atoms with Gasteiger partial charge in [-0.05, 0) is 18.2 Å². The SMILES string of the molecule is NS(=O)(=O)c1cc([N+](=O)[O-])ccc1N1CCN(S(=O)(=O)c2c[nH]c3ncccc23)CC1. The van der Waals surface area contributed by atoms with Gasteiger partial charge in [0.05, 0.1) is 10.6 Å². The highest BCUT2D eigenvalue weighted by Gasteiger charge is 2.32. The van der Waals surface area contributed by atoms with E-state index < -0.39 is 30.7 Å². The number of nitro groups is 1. The molecule has 0 bridgehead atoms. The number of aromatic nitrogens is 2. The van der Waals surface area contributed by atoms with Gasteiger partial charge in [-0.15, -0.1) is 0 Å². The third-order valence-electron chi connectivity index (χ3n) is 5.07. The van der Waals surface area contributed by atoms with Crippen LogP contribution in [0.1, 0.15) is 0 Å². The number of pyridine rings is 1. The second-order valence-electron chi connectivity index (χ2n) is 6.90. The number of nitrogens with one attached hydrogen (secondary N) is 1. The minimum absolute atomic E-state index is 0.0936. The molecule has 31 heavy (non-hydrogen) atoms. The summed E-state index contributed by atoms with van der Waals surface area (Å²) in [5.41, 5.74) is 0.256. The first-order valence-electron chi connectivity index (χ1n) is 9.07. The fourth-order valence-corrected chi connectivity index (χ4v) is 5.90. The highest BCUT2D eigenvalue weighted by atomic mass is 32.2. The predicted molar refractivity (Wildman–Crippen MR) is 112 cm³/mol. The van der Waals surface area contributed by atoms with Crippen LogP contribution in [0.3, 0.4) is 0 Å². The Bertz CT molecular complexity index is 1380. The number of nitro benzene ring substituents is 1. The van der Waals surface area contributed by atoms with E-state index in [2.05, 4.69) is 9.97 Å². The monoisotopic (exact) mass is 466 g/mol. The molecule has 0 amide bonds. The van der Waals surface area contributed by atoms with Gasteiger partial charge in [-0.25, -0.2) is 27.0 Å². The number of aromatic amines is 1. The Morgan fingerprint density at radius 2 is 1.77 bits per heavy atom. The summed E-state index contributed by atoms with van der Waals surface area (Å²) in [6.45, 7) is 0.549. The Hall–Kier alpha value is -3.07. The Morgan fingerprint density at radius 3 is 2.42 bits per heavy atom. The largest absolute Gasteiger partial charge is 0.368 e. The van der Waals surface area contributed by atoms with Crippen LogP contribution in [0.2, 0.25) is 0 Å².